The zero-order valence-corrected chi connectivity index (χ0v) is 12.7. The topological polar surface area (TPSA) is 71.5 Å². The van der Waals surface area contributed by atoms with Crippen molar-refractivity contribution in [3.8, 4) is 11.5 Å². The van der Waals surface area contributed by atoms with Gasteiger partial charge < -0.3 is 15.2 Å². The number of carbonyl (C=O) groups is 1. The van der Waals surface area contributed by atoms with Crippen LogP contribution in [0.2, 0.25) is 0 Å². The molecule has 1 aliphatic carbocycles. The van der Waals surface area contributed by atoms with Gasteiger partial charge >= 0.3 is 0 Å². The van der Waals surface area contributed by atoms with Crippen molar-refractivity contribution < 1.29 is 14.6 Å². The highest BCUT2D eigenvalue weighted by molar-refractivity contribution is 5.84. The predicted octanol–water partition coefficient (Wildman–Crippen LogP) is 2.14. The van der Waals surface area contributed by atoms with Crippen LogP contribution in [0.1, 0.15) is 24.1 Å². The fourth-order valence-electron chi connectivity index (χ4n) is 3.56. The predicted molar refractivity (Wildman–Crippen MR) is 84.1 cm³/mol. The van der Waals surface area contributed by atoms with Gasteiger partial charge in [0.05, 0.1) is 13.2 Å². The van der Waals surface area contributed by atoms with Crippen LogP contribution >= 0.6 is 0 Å². The summed E-state index contributed by atoms with van der Waals surface area (Å²) in [6.45, 7) is 0.901. The molecular weight excluding hydrogens is 292 g/mol. The molecule has 5 heteroatoms. The SMILES string of the molecule is O=C(NCc1ncccc1O)C1CC12CCOc1ccccc12. The van der Waals surface area contributed by atoms with Gasteiger partial charge in [0, 0.05) is 23.1 Å². The number of nitrogens with one attached hydrogen (secondary N) is 1. The van der Waals surface area contributed by atoms with Gasteiger partial charge in [0.15, 0.2) is 0 Å². The maximum absolute atomic E-state index is 12.5. The van der Waals surface area contributed by atoms with Gasteiger partial charge in [-0.15, -0.1) is 0 Å². The maximum atomic E-state index is 12.5. The lowest BCUT2D eigenvalue weighted by Crippen LogP contribution is -2.30. The van der Waals surface area contributed by atoms with Crippen molar-refractivity contribution in [3.05, 3.63) is 53.9 Å². The Morgan fingerprint density at radius 2 is 2.22 bits per heavy atom. The lowest BCUT2D eigenvalue weighted by atomic mass is 9.87. The Bertz CT molecular complexity index is 761. The Morgan fingerprint density at radius 3 is 3.09 bits per heavy atom. The number of fused-ring (bicyclic) bond motifs is 2. The number of hydrogen-bond acceptors (Lipinski definition) is 4. The molecule has 1 saturated carbocycles. The maximum Gasteiger partial charge on any atom is 0.224 e. The third kappa shape index (κ3) is 2.32. The Hall–Kier alpha value is -2.56. The molecule has 2 unspecified atom stereocenters. The molecule has 4 rings (SSSR count). The van der Waals surface area contributed by atoms with Crippen molar-refractivity contribution in [1.29, 1.82) is 0 Å². The van der Waals surface area contributed by atoms with E-state index >= 15 is 0 Å². The first-order valence-corrected chi connectivity index (χ1v) is 7.83. The second kappa shape index (κ2) is 5.26. The normalized spacial score (nSPS) is 24.6. The van der Waals surface area contributed by atoms with E-state index in [9.17, 15) is 9.90 Å². The molecule has 118 valence electrons. The molecule has 2 N–H and O–H groups in total. The smallest absolute Gasteiger partial charge is 0.224 e. The van der Waals surface area contributed by atoms with E-state index in [0.717, 1.165) is 24.2 Å². The molecule has 2 atom stereocenters. The van der Waals surface area contributed by atoms with Gasteiger partial charge in [0.25, 0.3) is 0 Å². The number of pyridine rings is 1. The number of aromatic nitrogens is 1. The molecule has 2 aliphatic rings. The molecule has 5 nitrogen and oxygen atoms in total. The van der Waals surface area contributed by atoms with Gasteiger partial charge in [0.2, 0.25) is 5.91 Å². The van der Waals surface area contributed by atoms with Crippen LogP contribution in [0.25, 0.3) is 0 Å². The van der Waals surface area contributed by atoms with Crippen molar-refractivity contribution in [3.63, 3.8) is 0 Å². The number of amides is 1. The second-order valence-electron chi connectivity index (χ2n) is 6.19. The van der Waals surface area contributed by atoms with E-state index in [1.54, 1.807) is 18.3 Å². The van der Waals surface area contributed by atoms with Crippen LogP contribution in [0, 0.1) is 5.92 Å². The first-order chi connectivity index (χ1) is 11.2. The van der Waals surface area contributed by atoms with Crippen LogP contribution in [0.15, 0.2) is 42.6 Å². The molecule has 23 heavy (non-hydrogen) atoms. The molecular formula is C18H18N2O3. The van der Waals surface area contributed by atoms with Crippen LogP contribution < -0.4 is 10.1 Å². The van der Waals surface area contributed by atoms with Gasteiger partial charge in [-0.25, -0.2) is 0 Å². The molecule has 1 fully saturated rings. The third-order valence-corrected chi connectivity index (χ3v) is 4.92. The lowest BCUT2D eigenvalue weighted by Gasteiger charge is -2.26. The molecule has 1 spiro atoms. The minimum atomic E-state index is -0.0783. The van der Waals surface area contributed by atoms with Crippen LogP contribution in [-0.4, -0.2) is 22.6 Å². The van der Waals surface area contributed by atoms with Gasteiger partial charge in [-0.2, -0.15) is 0 Å². The fraction of sp³-hybridized carbons (Fsp3) is 0.333. The first kappa shape index (κ1) is 14.1. The number of benzene rings is 1. The van der Waals surface area contributed by atoms with Crippen molar-refractivity contribution in [2.45, 2.75) is 24.8 Å². The van der Waals surface area contributed by atoms with Gasteiger partial charge in [-0.05, 0) is 31.0 Å². The Kier molecular flexibility index (Phi) is 3.22. The van der Waals surface area contributed by atoms with Crippen LogP contribution in [0.3, 0.4) is 0 Å². The minimum Gasteiger partial charge on any atom is -0.506 e. The molecule has 0 bridgehead atoms. The summed E-state index contributed by atoms with van der Waals surface area (Å²) >= 11 is 0. The summed E-state index contributed by atoms with van der Waals surface area (Å²) in [5, 5.41) is 12.6. The number of carbonyl (C=O) groups excluding carboxylic acids is 1. The molecule has 0 radical (unpaired) electrons. The highest BCUT2D eigenvalue weighted by atomic mass is 16.5. The van der Waals surface area contributed by atoms with Gasteiger partial charge in [-0.3, -0.25) is 9.78 Å². The number of ether oxygens (including phenoxy) is 1. The van der Waals surface area contributed by atoms with Gasteiger partial charge in [-0.1, -0.05) is 18.2 Å². The van der Waals surface area contributed by atoms with Crippen LogP contribution in [0.5, 0.6) is 11.5 Å². The Balaban J connectivity index is 1.47. The average Bonchev–Trinajstić information content (AvgIpc) is 3.29. The summed E-state index contributed by atoms with van der Waals surface area (Å²) in [7, 11) is 0. The number of para-hydroxylation sites is 1. The summed E-state index contributed by atoms with van der Waals surface area (Å²) in [6.07, 6.45) is 3.33. The quantitative estimate of drug-likeness (QED) is 0.911. The van der Waals surface area contributed by atoms with E-state index < -0.39 is 0 Å². The summed E-state index contributed by atoms with van der Waals surface area (Å²) in [4.78, 5) is 16.6. The number of nitrogens with zero attached hydrogens (tertiary/aromatic N) is 1. The zero-order valence-electron chi connectivity index (χ0n) is 12.7. The molecule has 1 aromatic carbocycles. The summed E-state index contributed by atoms with van der Waals surface area (Å²) in [5.74, 6) is 0.997. The summed E-state index contributed by atoms with van der Waals surface area (Å²) in [5.41, 5.74) is 1.56. The molecule has 1 aliphatic heterocycles. The van der Waals surface area contributed by atoms with E-state index in [-0.39, 0.29) is 29.5 Å². The highest BCUT2D eigenvalue weighted by Gasteiger charge is 2.60. The van der Waals surface area contributed by atoms with E-state index in [1.165, 1.54) is 0 Å². The second-order valence-corrected chi connectivity index (χ2v) is 6.19. The van der Waals surface area contributed by atoms with Crippen LogP contribution in [0.4, 0.5) is 0 Å². The number of hydrogen-bond donors (Lipinski definition) is 2. The highest BCUT2D eigenvalue weighted by Crippen LogP contribution is 2.60. The number of aromatic hydroxyl groups is 1. The molecule has 1 aromatic heterocycles. The van der Waals surface area contributed by atoms with Crippen molar-refractivity contribution in [1.82, 2.24) is 10.3 Å². The lowest BCUT2D eigenvalue weighted by molar-refractivity contribution is -0.123. The van der Waals surface area contributed by atoms with E-state index in [0.29, 0.717) is 12.3 Å². The Morgan fingerprint density at radius 1 is 1.35 bits per heavy atom. The fourth-order valence-corrected chi connectivity index (χ4v) is 3.56. The van der Waals surface area contributed by atoms with E-state index in [2.05, 4.69) is 16.4 Å². The van der Waals surface area contributed by atoms with Gasteiger partial charge in [0.1, 0.15) is 17.2 Å². The molecule has 0 saturated heterocycles. The minimum absolute atomic E-state index is 0.0201. The van der Waals surface area contributed by atoms with Crippen molar-refractivity contribution >= 4 is 5.91 Å². The third-order valence-electron chi connectivity index (χ3n) is 4.92. The number of rotatable bonds is 3. The van der Waals surface area contributed by atoms with Crippen molar-refractivity contribution in [2.75, 3.05) is 6.61 Å². The molecule has 2 aromatic rings. The summed E-state index contributed by atoms with van der Waals surface area (Å²) < 4.78 is 5.70. The standard InChI is InChI=1S/C18H18N2O3/c21-15-5-3-8-19-14(15)11-20-17(22)13-10-18(13)7-9-23-16-6-2-1-4-12(16)18/h1-6,8,13,21H,7,9-11H2,(H,20,22). The monoisotopic (exact) mass is 310 g/mol. The zero-order chi connectivity index (χ0) is 15.9. The van der Waals surface area contributed by atoms with Crippen molar-refractivity contribution in [2.24, 2.45) is 5.92 Å². The molecule has 1 amide bonds. The van der Waals surface area contributed by atoms with E-state index in [4.69, 9.17) is 4.74 Å². The summed E-state index contributed by atoms with van der Waals surface area (Å²) in [6, 6.07) is 11.2. The van der Waals surface area contributed by atoms with Crippen LogP contribution in [-0.2, 0) is 16.8 Å². The Labute approximate surface area is 134 Å². The largest absolute Gasteiger partial charge is 0.506 e. The molecule has 2 heterocycles. The first-order valence-electron chi connectivity index (χ1n) is 7.83. The average molecular weight is 310 g/mol. The van der Waals surface area contributed by atoms with E-state index in [1.807, 2.05) is 18.2 Å².